The Kier molecular flexibility index (Phi) is 4.53. The van der Waals surface area contributed by atoms with Gasteiger partial charge >= 0.3 is 0 Å². The van der Waals surface area contributed by atoms with Crippen LogP contribution in [0.3, 0.4) is 0 Å². The number of Topliss-reactive ketones (excluding diaryl/α,β-unsaturated/α-hetero) is 1. The lowest BCUT2D eigenvalue weighted by Crippen LogP contribution is -2.92. The lowest BCUT2D eigenvalue weighted by Gasteiger charge is -2.83. The molecule has 10 atom stereocenters. The fourth-order valence-corrected chi connectivity index (χ4v) is 10.6. The molecule has 2 bridgehead atoms. The lowest BCUT2D eigenvalue weighted by atomic mass is 9.23. The molecule has 2 spiro atoms. The summed E-state index contributed by atoms with van der Waals surface area (Å²) in [5.41, 5.74) is 0.362. The number of ether oxygens (including phenoxy) is 4. The van der Waals surface area contributed by atoms with Crippen molar-refractivity contribution in [1.82, 2.24) is 0 Å². The first-order chi connectivity index (χ1) is 16.9. The molecule has 0 amide bonds. The van der Waals surface area contributed by atoms with E-state index in [0.29, 0.717) is 13.2 Å². The second-order valence-electron chi connectivity index (χ2n) is 13.7. The number of ketones is 1. The van der Waals surface area contributed by atoms with Crippen LogP contribution in [0.2, 0.25) is 0 Å². The number of carbonyl (C=O) groups excluding carboxylic acids is 1. The Hall–Kier alpha value is -1.25. The van der Waals surface area contributed by atoms with Crippen molar-refractivity contribution in [3.05, 3.63) is 23.5 Å². The van der Waals surface area contributed by atoms with Crippen molar-refractivity contribution in [3.63, 3.8) is 0 Å². The van der Waals surface area contributed by atoms with Gasteiger partial charge in [0.2, 0.25) is 5.79 Å². The summed E-state index contributed by atoms with van der Waals surface area (Å²) in [7, 11) is 0. The van der Waals surface area contributed by atoms with E-state index in [4.69, 9.17) is 18.9 Å². The lowest BCUT2D eigenvalue weighted by molar-refractivity contribution is -0.499. The summed E-state index contributed by atoms with van der Waals surface area (Å²) in [5, 5.41) is 23.3. The first kappa shape index (κ1) is 23.8. The third-order valence-electron chi connectivity index (χ3n) is 11.1. The molecule has 0 radical (unpaired) electrons. The molecular weight excluding hydrogens is 460 g/mol. The number of carbonyl (C=O) groups is 1. The van der Waals surface area contributed by atoms with E-state index in [1.807, 2.05) is 6.92 Å². The molecule has 4 saturated carbocycles. The summed E-state index contributed by atoms with van der Waals surface area (Å²) in [6, 6.07) is 0. The quantitative estimate of drug-likeness (QED) is 0.449. The number of aliphatic hydroxyl groups is 2. The molecular formula is C29H40O7. The smallest absolute Gasteiger partial charge is 0.211 e. The zero-order valence-electron chi connectivity index (χ0n) is 22.1. The van der Waals surface area contributed by atoms with Gasteiger partial charge in [0.15, 0.2) is 17.9 Å². The third kappa shape index (κ3) is 2.34. The Morgan fingerprint density at radius 3 is 2.67 bits per heavy atom. The Labute approximate surface area is 213 Å². The third-order valence-corrected chi connectivity index (χ3v) is 11.1. The zero-order chi connectivity index (χ0) is 25.6. The molecule has 36 heavy (non-hydrogen) atoms. The topological polar surface area (TPSA) is 94.5 Å². The molecule has 0 aromatic rings. The van der Waals surface area contributed by atoms with Crippen molar-refractivity contribution >= 4 is 5.78 Å². The minimum Gasteiger partial charge on any atom is -0.469 e. The van der Waals surface area contributed by atoms with E-state index >= 15 is 0 Å². The van der Waals surface area contributed by atoms with Crippen LogP contribution in [0.4, 0.5) is 0 Å². The predicted molar refractivity (Wildman–Crippen MR) is 129 cm³/mol. The van der Waals surface area contributed by atoms with E-state index in [9.17, 15) is 15.0 Å². The standard InChI is InChI=1S/C29H40O7/c1-7-33-18-11-8-15-12-25(3,4)21-23(31)29(36-26(5,6)32)28-17(27(21,13-34-29)24(15)35-18)10-9-16-14(2)19(20(16)28)22(28)30/h16-21,23,31-32H,2,7-13H2,1,3-6H3/t16-,17-,18+,19?,20-,21+,23-,27-,28+,29-/m0/s1. The van der Waals surface area contributed by atoms with E-state index in [1.54, 1.807) is 13.8 Å². The summed E-state index contributed by atoms with van der Waals surface area (Å²) in [4.78, 5) is 14.3. The summed E-state index contributed by atoms with van der Waals surface area (Å²) in [6.07, 6.45) is 2.87. The maximum absolute atomic E-state index is 14.3. The fraction of sp³-hybridized carbons (Fsp3) is 0.828. The van der Waals surface area contributed by atoms with Crippen molar-refractivity contribution < 1.29 is 34.0 Å². The van der Waals surface area contributed by atoms with Crippen molar-refractivity contribution in [2.45, 2.75) is 90.7 Å². The number of fused-ring (bicyclic) bond motifs is 1. The van der Waals surface area contributed by atoms with Crippen LogP contribution in [0, 0.1) is 45.8 Å². The van der Waals surface area contributed by atoms with E-state index in [1.165, 1.54) is 5.57 Å². The highest BCUT2D eigenvalue weighted by atomic mass is 16.8. The zero-order valence-corrected chi connectivity index (χ0v) is 22.1. The summed E-state index contributed by atoms with van der Waals surface area (Å²) in [6.45, 7) is 14.7. The van der Waals surface area contributed by atoms with Gasteiger partial charge in [0.25, 0.3) is 0 Å². The maximum Gasteiger partial charge on any atom is 0.211 e. The van der Waals surface area contributed by atoms with Crippen molar-refractivity contribution in [2.75, 3.05) is 13.2 Å². The van der Waals surface area contributed by atoms with Crippen molar-refractivity contribution in [1.29, 1.82) is 0 Å². The highest BCUT2D eigenvalue weighted by molar-refractivity contribution is 6.01. The molecule has 3 aliphatic heterocycles. The van der Waals surface area contributed by atoms with Crippen LogP contribution in [-0.2, 0) is 23.7 Å². The highest BCUT2D eigenvalue weighted by Crippen LogP contribution is 2.85. The molecule has 7 nitrogen and oxygen atoms in total. The van der Waals surface area contributed by atoms with Crippen LogP contribution in [0.15, 0.2) is 23.5 Å². The molecule has 198 valence electrons. The normalized spacial score (nSPS) is 51.8. The molecule has 8 aliphatic rings. The first-order valence-corrected chi connectivity index (χ1v) is 13.8. The molecule has 6 fully saturated rings. The molecule has 0 aromatic carbocycles. The van der Waals surface area contributed by atoms with Gasteiger partial charge in [-0.1, -0.05) is 26.0 Å². The van der Waals surface area contributed by atoms with Gasteiger partial charge in [-0.3, -0.25) is 4.79 Å². The second kappa shape index (κ2) is 6.84. The van der Waals surface area contributed by atoms with Gasteiger partial charge in [0.1, 0.15) is 11.9 Å². The summed E-state index contributed by atoms with van der Waals surface area (Å²) < 4.78 is 25.7. The average Bonchev–Trinajstić information content (AvgIpc) is 2.77. The van der Waals surface area contributed by atoms with Gasteiger partial charge in [-0.25, -0.2) is 0 Å². The van der Waals surface area contributed by atoms with E-state index in [0.717, 1.165) is 43.4 Å². The van der Waals surface area contributed by atoms with Gasteiger partial charge in [-0.2, -0.15) is 0 Å². The predicted octanol–water partition coefficient (Wildman–Crippen LogP) is 3.69. The van der Waals surface area contributed by atoms with E-state index in [2.05, 4.69) is 20.4 Å². The van der Waals surface area contributed by atoms with E-state index in [-0.39, 0.29) is 47.1 Å². The summed E-state index contributed by atoms with van der Waals surface area (Å²) >= 11 is 0. The van der Waals surface area contributed by atoms with Gasteiger partial charge in [0, 0.05) is 24.9 Å². The SMILES string of the molecule is C=C1C2C(=O)[C@]34[C@H]2[C@H]1CC[C@H]3[C@@]12CO[C@]4(OC(C)(C)O)[C@@H](O)[C@@H]1C(C)(C)CC1=C2O[C@@H](OCC)CC1. The Morgan fingerprint density at radius 1 is 1.22 bits per heavy atom. The molecule has 8 rings (SSSR count). The fourth-order valence-electron chi connectivity index (χ4n) is 10.6. The van der Waals surface area contributed by atoms with E-state index < -0.39 is 28.5 Å². The molecule has 0 aromatic heterocycles. The highest BCUT2D eigenvalue weighted by Gasteiger charge is 2.92. The molecule has 7 heteroatoms. The Balaban J connectivity index is 1.47. The van der Waals surface area contributed by atoms with Crippen LogP contribution in [0.1, 0.15) is 66.7 Å². The molecule has 2 saturated heterocycles. The summed E-state index contributed by atoms with van der Waals surface area (Å²) in [5.74, 6) is -2.49. The molecule has 1 unspecified atom stereocenters. The minimum absolute atomic E-state index is 0.0201. The monoisotopic (exact) mass is 500 g/mol. The maximum atomic E-state index is 14.3. The Bertz CT molecular complexity index is 1090. The van der Waals surface area contributed by atoms with Crippen LogP contribution in [0.5, 0.6) is 0 Å². The molecule has 2 N–H and O–H groups in total. The average molecular weight is 501 g/mol. The van der Waals surface area contributed by atoms with Gasteiger partial charge in [-0.05, 0) is 75.2 Å². The van der Waals surface area contributed by atoms with Gasteiger partial charge in [-0.15, -0.1) is 0 Å². The van der Waals surface area contributed by atoms with Crippen LogP contribution in [0.25, 0.3) is 0 Å². The molecule has 5 aliphatic carbocycles. The van der Waals surface area contributed by atoms with Crippen LogP contribution >= 0.6 is 0 Å². The van der Waals surface area contributed by atoms with Gasteiger partial charge in [0.05, 0.1) is 17.4 Å². The number of aliphatic hydroxyl groups excluding tert-OH is 1. The van der Waals surface area contributed by atoms with Crippen molar-refractivity contribution in [3.8, 4) is 0 Å². The number of hydrogen-bond acceptors (Lipinski definition) is 7. The largest absolute Gasteiger partial charge is 0.469 e. The second-order valence-corrected chi connectivity index (χ2v) is 13.7. The van der Waals surface area contributed by atoms with Crippen LogP contribution < -0.4 is 0 Å². The molecule has 3 heterocycles. The number of rotatable bonds is 4. The Morgan fingerprint density at radius 2 is 1.97 bits per heavy atom. The van der Waals surface area contributed by atoms with Crippen molar-refractivity contribution in [2.24, 2.45) is 45.8 Å². The number of allylic oxidation sites excluding steroid dienone is 2. The first-order valence-electron chi connectivity index (χ1n) is 13.8. The minimum atomic E-state index is -1.59. The number of hydrogen-bond donors (Lipinski definition) is 2. The van der Waals surface area contributed by atoms with Gasteiger partial charge < -0.3 is 29.2 Å². The van der Waals surface area contributed by atoms with Crippen LogP contribution in [-0.4, -0.2) is 53.2 Å².